The normalized spacial score (nSPS) is 17.9. The van der Waals surface area contributed by atoms with E-state index in [9.17, 15) is 5.11 Å². The molecule has 0 bridgehead atoms. The molecule has 0 spiro atoms. The second kappa shape index (κ2) is 7.28. The van der Waals surface area contributed by atoms with E-state index in [0.29, 0.717) is 19.2 Å². The monoisotopic (exact) mass is 291 g/mol. The first-order chi connectivity index (χ1) is 9.97. The molecule has 0 saturated heterocycles. The standard InChI is InChI=1S/C18H29NO2/c1-18(2,3)16-10-6-7-11-17(16)21-13-15(20)12-19-14-8-4-5-9-14/h6-7,10-11,14-15,19-20H,4-5,8-9,12-13H2,1-3H3. The molecule has 0 aliphatic heterocycles. The summed E-state index contributed by atoms with van der Waals surface area (Å²) in [7, 11) is 0. The summed E-state index contributed by atoms with van der Waals surface area (Å²) in [5.74, 6) is 0.880. The zero-order chi connectivity index (χ0) is 15.3. The van der Waals surface area contributed by atoms with Gasteiger partial charge >= 0.3 is 0 Å². The number of ether oxygens (including phenoxy) is 1. The van der Waals surface area contributed by atoms with Gasteiger partial charge in [-0.2, -0.15) is 0 Å². The van der Waals surface area contributed by atoms with Crippen molar-refractivity contribution in [2.45, 2.75) is 64.0 Å². The third-order valence-electron chi connectivity index (χ3n) is 4.12. The number of rotatable bonds is 6. The molecule has 1 aliphatic carbocycles. The highest BCUT2D eigenvalue weighted by atomic mass is 16.5. The highest BCUT2D eigenvalue weighted by Crippen LogP contribution is 2.30. The summed E-state index contributed by atoms with van der Waals surface area (Å²) in [6, 6.07) is 8.68. The van der Waals surface area contributed by atoms with Crippen molar-refractivity contribution in [1.29, 1.82) is 0 Å². The summed E-state index contributed by atoms with van der Waals surface area (Å²) < 4.78 is 5.85. The van der Waals surface area contributed by atoms with Crippen LogP contribution in [0.25, 0.3) is 0 Å². The van der Waals surface area contributed by atoms with Gasteiger partial charge in [-0.3, -0.25) is 0 Å². The Bertz CT molecular complexity index is 433. The fourth-order valence-corrected chi connectivity index (χ4v) is 2.89. The Kier molecular flexibility index (Phi) is 5.65. The van der Waals surface area contributed by atoms with E-state index in [1.165, 1.54) is 31.2 Å². The molecule has 3 nitrogen and oxygen atoms in total. The van der Waals surface area contributed by atoms with Gasteiger partial charge in [-0.05, 0) is 29.9 Å². The van der Waals surface area contributed by atoms with Crippen LogP contribution in [0.1, 0.15) is 52.0 Å². The molecule has 3 heteroatoms. The molecule has 118 valence electrons. The zero-order valence-electron chi connectivity index (χ0n) is 13.6. The molecule has 0 radical (unpaired) electrons. The Morgan fingerprint density at radius 1 is 1.24 bits per heavy atom. The Balaban J connectivity index is 1.82. The van der Waals surface area contributed by atoms with Gasteiger partial charge in [0.05, 0.1) is 0 Å². The van der Waals surface area contributed by atoms with Crippen molar-refractivity contribution in [2.24, 2.45) is 0 Å². The molecule has 1 aromatic rings. The van der Waals surface area contributed by atoms with E-state index in [4.69, 9.17) is 4.74 Å². The maximum absolute atomic E-state index is 10.1. The fourth-order valence-electron chi connectivity index (χ4n) is 2.89. The second-order valence-electron chi connectivity index (χ2n) is 7.10. The van der Waals surface area contributed by atoms with Gasteiger partial charge in [0.25, 0.3) is 0 Å². The number of hydrogen-bond donors (Lipinski definition) is 2. The van der Waals surface area contributed by atoms with Gasteiger partial charge in [-0.15, -0.1) is 0 Å². The second-order valence-corrected chi connectivity index (χ2v) is 7.10. The van der Waals surface area contributed by atoms with Crippen molar-refractivity contribution < 1.29 is 9.84 Å². The van der Waals surface area contributed by atoms with E-state index < -0.39 is 6.10 Å². The summed E-state index contributed by atoms with van der Waals surface area (Å²) in [5, 5.41) is 13.5. The molecular formula is C18H29NO2. The number of aliphatic hydroxyl groups is 1. The van der Waals surface area contributed by atoms with Crippen molar-refractivity contribution in [3.8, 4) is 5.75 Å². The molecule has 1 aromatic carbocycles. The van der Waals surface area contributed by atoms with Gasteiger partial charge in [0.1, 0.15) is 18.5 Å². The maximum Gasteiger partial charge on any atom is 0.123 e. The highest BCUT2D eigenvalue weighted by Gasteiger charge is 2.19. The molecule has 1 atom stereocenters. The minimum atomic E-state index is -0.460. The lowest BCUT2D eigenvalue weighted by atomic mass is 9.86. The fraction of sp³-hybridized carbons (Fsp3) is 0.667. The SMILES string of the molecule is CC(C)(C)c1ccccc1OCC(O)CNC1CCCC1. The molecule has 0 amide bonds. The predicted octanol–water partition coefficient (Wildman–Crippen LogP) is 3.26. The van der Waals surface area contributed by atoms with Crippen LogP contribution in [0, 0.1) is 0 Å². The van der Waals surface area contributed by atoms with Crippen LogP contribution in [0.2, 0.25) is 0 Å². The molecule has 21 heavy (non-hydrogen) atoms. The number of hydrogen-bond acceptors (Lipinski definition) is 3. The largest absolute Gasteiger partial charge is 0.491 e. The van der Waals surface area contributed by atoms with Crippen molar-refractivity contribution in [1.82, 2.24) is 5.32 Å². The predicted molar refractivity (Wildman–Crippen MR) is 86.9 cm³/mol. The smallest absolute Gasteiger partial charge is 0.123 e. The zero-order valence-corrected chi connectivity index (χ0v) is 13.6. The lowest BCUT2D eigenvalue weighted by Crippen LogP contribution is -2.36. The molecule has 1 fully saturated rings. The van der Waals surface area contributed by atoms with Crippen molar-refractivity contribution in [3.63, 3.8) is 0 Å². The van der Waals surface area contributed by atoms with Crippen LogP contribution < -0.4 is 10.1 Å². The number of para-hydroxylation sites is 1. The van der Waals surface area contributed by atoms with E-state index in [1.54, 1.807) is 0 Å². The third-order valence-corrected chi connectivity index (χ3v) is 4.12. The van der Waals surface area contributed by atoms with Crippen LogP contribution in [-0.4, -0.2) is 30.4 Å². The minimum Gasteiger partial charge on any atom is -0.491 e. The number of benzene rings is 1. The summed E-state index contributed by atoms with van der Waals surface area (Å²) >= 11 is 0. The van der Waals surface area contributed by atoms with Crippen LogP contribution in [0.4, 0.5) is 0 Å². The average Bonchev–Trinajstić information content (AvgIpc) is 2.95. The first-order valence-corrected chi connectivity index (χ1v) is 8.10. The molecule has 0 heterocycles. The van der Waals surface area contributed by atoms with Gasteiger partial charge in [-0.1, -0.05) is 51.8 Å². The molecule has 2 N–H and O–H groups in total. The van der Waals surface area contributed by atoms with Crippen molar-refractivity contribution in [3.05, 3.63) is 29.8 Å². The Morgan fingerprint density at radius 3 is 2.57 bits per heavy atom. The van der Waals surface area contributed by atoms with Gasteiger partial charge in [0.2, 0.25) is 0 Å². The highest BCUT2D eigenvalue weighted by molar-refractivity contribution is 5.38. The van der Waals surface area contributed by atoms with E-state index in [1.807, 2.05) is 18.2 Å². The summed E-state index contributed by atoms with van der Waals surface area (Å²) in [6.45, 7) is 7.48. The van der Waals surface area contributed by atoms with Crippen LogP contribution in [-0.2, 0) is 5.41 Å². The lowest BCUT2D eigenvalue weighted by molar-refractivity contribution is 0.103. The van der Waals surface area contributed by atoms with Crippen LogP contribution in [0.3, 0.4) is 0 Å². The first-order valence-electron chi connectivity index (χ1n) is 8.10. The minimum absolute atomic E-state index is 0.0453. The van der Waals surface area contributed by atoms with Gasteiger partial charge in [-0.25, -0.2) is 0 Å². The van der Waals surface area contributed by atoms with Crippen LogP contribution in [0.5, 0.6) is 5.75 Å². The molecule has 1 unspecified atom stereocenters. The maximum atomic E-state index is 10.1. The lowest BCUT2D eigenvalue weighted by Gasteiger charge is -2.23. The topological polar surface area (TPSA) is 41.5 Å². The van der Waals surface area contributed by atoms with Crippen molar-refractivity contribution in [2.75, 3.05) is 13.2 Å². The van der Waals surface area contributed by atoms with Gasteiger partial charge in [0.15, 0.2) is 0 Å². The Morgan fingerprint density at radius 2 is 1.90 bits per heavy atom. The molecule has 1 aliphatic rings. The summed E-state index contributed by atoms with van der Waals surface area (Å²) in [4.78, 5) is 0. The third kappa shape index (κ3) is 5.01. The quantitative estimate of drug-likeness (QED) is 0.845. The van der Waals surface area contributed by atoms with E-state index in [2.05, 4.69) is 32.2 Å². The first kappa shape index (κ1) is 16.3. The number of aliphatic hydroxyl groups excluding tert-OH is 1. The Labute approximate surface area is 128 Å². The van der Waals surface area contributed by atoms with Gasteiger partial charge in [0, 0.05) is 12.6 Å². The van der Waals surface area contributed by atoms with Crippen LogP contribution in [0.15, 0.2) is 24.3 Å². The van der Waals surface area contributed by atoms with Gasteiger partial charge < -0.3 is 15.2 Å². The molecule has 0 aromatic heterocycles. The van der Waals surface area contributed by atoms with E-state index in [-0.39, 0.29) is 5.41 Å². The molecule has 1 saturated carbocycles. The Hall–Kier alpha value is -1.06. The van der Waals surface area contributed by atoms with Crippen LogP contribution >= 0.6 is 0 Å². The van der Waals surface area contributed by atoms with E-state index >= 15 is 0 Å². The van der Waals surface area contributed by atoms with Crippen molar-refractivity contribution >= 4 is 0 Å². The summed E-state index contributed by atoms with van der Waals surface area (Å²) in [6.07, 6.45) is 4.63. The number of nitrogens with one attached hydrogen (secondary N) is 1. The average molecular weight is 291 g/mol. The molecule has 2 rings (SSSR count). The summed E-state index contributed by atoms with van der Waals surface area (Å²) in [5.41, 5.74) is 1.23. The van der Waals surface area contributed by atoms with E-state index in [0.717, 1.165) is 5.75 Å². The molecular weight excluding hydrogens is 262 g/mol.